The van der Waals surface area contributed by atoms with Crippen LogP contribution >= 0.6 is 11.8 Å². The second kappa shape index (κ2) is 3.62. The Morgan fingerprint density at radius 3 is 3.08 bits per heavy atom. The van der Waals surface area contributed by atoms with Crippen molar-refractivity contribution in [1.29, 1.82) is 0 Å². The van der Waals surface area contributed by atoms with Crippen LogP contribution in [0.3, 0.4) is 0 Å². The van der Waals surface area contributed by atoms with Gasteiger partial charge in [-0.1, -0.05) is 19.1 Å². The molecule has 1 aliphatic rings. The van der Waals surface area contributed by atoms with Crippen molar-refractivity contribution in [1.82, 2.24) is 0 Å². The second-order valence-corrected chi connectivity index (χ2v) is 4.52. The van der Waals surface area contributed by atoms with Crippen LogP contribution in [0, 0.1) is 0 Å². The van der Waals surface area contributed by atoms with Crippen LogP contribution in [-0.4, -0.2) is 12.9 Å². The zero-order valence-corrected chi connectivity index (χ0v) is 8.86. The molecule has 2 rings (SSSR count). The highest BCUT2D eigenvalue weighted by atomic mass is 32.2. The molecular weight excluding hydrogens is 180 g/mol. The Morgan fingerprint density at radius 2 is 2.31 bits per heavy atom. The summed E-state index contributed by atoms with van der Waals surface area (Å²) in [5.74, 6) is 2.94. The van der Waals surface area contributed by atoms with E-state index in [0.717, 1.165) is 5.75 Å². The van der Waals surface area contributed by atoms with Gasteiger partial charge in [0.15, 0.2) is 0 Å². The van der Waals surface area contributed by atoms with Crippen molar-refractivity contribution >= 4 is 11.8 Å². The molecule has 0 aromatic heterocycles. The van der Waals surface area contributed by atoms with Crippen LogP contribution < -0.4 is 4.74 Å². The van der Waals surface area contributed by atoms with Gasteiger partial charge in [-0.25, -0.2) is 0 Å². The third-order valence-corrected chi connectivity index (χ3v) is 3.72. The summed E-state index contributed by atoms with van der Waals surface area (Å²) in [5, 5.41) is 0. The van der Waals surface area contributed by atoms with E-state index in [1.54, 1.807) is 7.11 Å². The summed E-state index contributed by atoms with van der Waals surface area (Å²) >= 11 is 1.92. The number of thioether (sulfide) groups is 1. The second-order valence-electron chi connectivity index (χ2n) is 3.42. The van der Waals surface area contributed by atoms with Crippen molar-refractivity contribution in [3.63, 3.8) is 0 Å². The van der Waals surface area contributed by atoms with Gasteiger partial charge in [-0.05, 0) is 29.7 Å². The van der Waals surface area contributed by atoms with E-state index in [1.165, 1.54) is 22.6 Å². The molecule has 0 spiro atoms. The number of benzene rings is 1. The average Bonchev–Trinajstić information content (AvgIpc) is 2.18. The minimum Gasteiger partial charge on any atom is -0.496 e. The summed E-state index contributed by atoms with van der Waals surface area (Å²) < 4.78 is 5.34. The fourth-order valence-electron chi connectivity index (χ4n) is 1.73. The third-order valence-electron chi connectivity index (χ3n) is 2.56. The zero-order valence-electron chi connectivity index (χ0n) is 8.04. The van der Waals surface area contributed by atoms with Crippen LogP contribution in [0.15, 0.2) is 23.1 Å². The Morgan fingerprint density at radius 1 is 1.46 bits per heavy atom. The van der Waals surface area contributed by atoms with Crippen molar-refractivity contribution < 1.29 is 4.74 Å². The molecule has 0 radical (unpaired) electrons. The van der Waals surface area contributed by atoms with Gasteiger partial charge in [-0.15, -0.1) is 11.8 Å². The van der Waals surface area contributed by atoms with Gasteiger partial charge in [0.2, 0.25) is 0 Å². The lowest BCUT2D eigenvalue weighted by Crippen LogP contribution is -2.04. The normalized spacial score (nSPS) is 20.9. The van der Waals surface area contributed by atoms with Crippen LogP contribution in [-0.2, 0) is 0 Å². The van der Waals surface area contributed by atoms with Crippen molar-refractivity contribution in [2.45, 2.75) is 24.2 Å². The first-order chi connectivity index (χ1) is 6.33. The molecule has 0 bridgehead atoms. The molecule has 13 heavy (non-hydrogen) atoms. The summed E-state index contributed by atoms with van der Waals surface area (Å²) in [7, 11) is 1.75. The summed E-state index contributed by atoms with van der Waals surface area (Å²) in [6.07, 6.45) is 1.28. The van der Waals surface area contributed by atoms with E-state index in [2.05, 4.69) is 19.1 Å². The Balaban J connectivity index is 2.48. The van der Waals surface area contributed by atoms with Crippen LogP contribution in [0.4, 0.5) is 0 Å². The van der Waals surface area contributed by atoms with Crippen molar-refractivity contribution in [2.24, 2.45) is 0 Å². The van der Waals surface area contributed by atoms with Crippen molar-refractivity contribution in [2.75, 3.05) is 12.9 Å². The Kier molecular flexibility index (Phi) is 2.49. The quantitative estimate of drug-likeness (QED) is 0.678. The maximum absolute atomic E-state index is 5.34. The molecule has 0 saturated carbocycles. The maximum Gasteiger partial charge on any atom is 0.132 e. The molecule has 0 amide bonds. The van der Waals surface area contributed by atoms with E-state index < -0.39 is 0 Å². The SMILES string of the molecule is COc1cccc2c1SCCC2C. The Labute approximate surface area is 83.5 Å². The molecule has 1 unspecified atom stereocenters. The predicted molar refractivity (Wildman–Crippen MR) is 56.8 cm³/mol. The smallest absolute Gasteiger partial charge is 0.132 e. The number of fused-ring (bicyclic) bond motifs is 1. The fourth-order valence-corrected chi connectivity index (χ4v) is 3.13. The van der Waals surface area contributed by atoms with E-state index in [9.17, 15) is 0 Å². The monoisotopic (exact) mass is 194 g/mol. The number of hydrogen-bond acceptors (Lipinski definition) is 2. The van der Waals surface area contributed by atoms with Gasteiger partial charge in [0, 0.05) is 0 Å². The molecule has 0 aliphatic carbocycles. The first-order valence-corrected chi connectivity index (χ1v) is 5.61. The van der Waals surface area contributed by atoms with Gasteiger partial charge in [0.1, 0.15) is 5.75 Å². The lowest BCUT2D eigenvalue weighted by molar-refractivity contribution is 0.402. The molecule has 1 aromatic rings. The van der Waals surface area contributed by atoms with Gasteiger partial charge >= 0.3 is 0 Å². The van der Waals surface area contributed by atoms with E-state index in [0.29, 0.717) is 5.92 Å². The number of ether oxygens (including phenoxy) is 1. The molecule has 1 atom stereocenters. The number of methoxy groups -OCH3 is 1. The van der Waals surface area contributed by atoms with E-state index in [-0.39, 0.29) is 0 Å². The van der Waals surface area contributed by atoms with Crippen LogP contribution in [0.2, 0.25) is 0 Å². The minimum absolute atomic E-state index is 0.686. The molecule has 1 heterocycles. The number of rotatable bonds is 1. The summed E-state index contributed by atoms with van der Waals surface area (Å²) in [5.41, 5.74) is 1.45. The molecule has 0 saturated heterocycles. The highest BCUT2D eigenvalue weighted by Crippen LogP contribution is 2.42. The highest BCUT2D eigenvalue weighted by Gasteiger charge is 2.19. The largest absolute Gasteiger partial charge is 0.496 e. The van der Waals surface area contributed by atoms with E-state index in [1.807, 2.05) is 17.8 Å². The lowest BCUT2D eigenvalue weighted by Gasteiger charge is -2.23. The van der Waals surface area contributed by atoms with Crippen molar-refractivity contribution in [3.05, 3.63) is 23.8 Å². The average molecular weight is 194 g/mol. The topological polar surface area (TPSA) is 9.23 Å². The summed E-state index contributed by atoms with van der Waals surface area (Å²) in [6, 6.07) is 6.35. The van der Waals surface area contributed by atoms with Crippen LogP contribution in [0.5, 0.6) is 5.75 Å². The van der Waals surface area contributed by atoms with Crippen LogP contribution in [0.25, 0.3) is 0 Å². The molecule has 1 nitrogen and oxygen atoms in total. The molecule has 0 N–H and O–H groups in total. The molecule has 0 fully saturated rings. The molecule has 70 valence electrons. The van der Waals surface area contributed by atoms with Gasteiger partial charge in [-0.3, -0.25) is 0 Å². The predicted octanol–water partition coefficient (Wildman–Crippen LogP) is 3.29. The Hall–Kier alpha value is -0.630. The van der Waals surface area contributed by atoms with Crippen molar-refractivity contribution in [3.8, 4) is 5.75 Å². The molecular formula is C11H14OS. The Bertz CT molecular complexity index is 309. The minimum atomic E-state index is 0.686. The first-order valence-electron chi connectivity index (χ1n) is 4.62. The maximum atomic E-state index is 5.34. The van der Waals surface area contributed by atoms with Gasteiger partial charge in [-0.2, -0.15) is 0 Å². The molecule has 2 heteroatoms. The standard InChI is InChI=1S/C11H14OS/c1-8-6-7-13-11-9(8)4-3-5-10(11)12-2/h3-5,8H,6-7H2,1-2H3. The van der Waals surface area contributed by atoms with Gasteiger partial charge in [0.25, 0.3) is 0 Å². The highest BCUT2D eigenvalue weighted by molar-refractivity contribution is 7.99. The first kappa shape index (κ1) is 8.95. The summed E-state index contributed by atoms with van der Waals surface area (Å²) in [4.78, 5) is 1.35. The fraction of sp³-hybridized carbons (Fsp3) is 0.455. The van der Waals surface area contributed by atoms with Gasteiger partial charge < -0.3 is 4.74 Å². The molecule has 1 aliphatic heterocycles. The zero-order chi connectivity index (χ0) is 9.26. The summed E-state index contributed by atoms with van der Waals surface area (Å²) in [6.45, 7) is 2.29. The number of hydrogen-bond donors (Lipinski definition) is 0. The van der Waals surface area contributed by atoms with Gasteiger partial charge in [0.05, 0.1) is 12.0 Å². The lowest BCUT2D eigenvalue weighted by atomic mass is 9.98. The molecule has 1 aromatic carbocycles. The van der Waals surface area contributed by atoms with E-state index >= 15 is 0 Å². The van der Waals surface area contributed by atoms with E-state index in [4.69, 9.17) is 4.74 Å². The third kappa shape index (κ3) is 1.55. The van der Waals surface area contributed by atoms with Crippen LogP contribution in [0.1, 0.15) is 24.8 Å².